The quantitative estimate of drug-likeness (QED) is 0.740. The predicted molar refractivity (Wildman–Crippen MR) is 72.2 cm³/mol. The van der Waals surface area contributed by atoms with E-state index in [0.29, 0.717) is 25.7 Å². The van der Waals surface area contributed by atoms with E-state index >= 15 is 0 Å². The number of hydrogen-bond donors (Lipinski definition) is 1. The molecule has 2 unspecified atom stereocenters. The van der Waals surface area contributed by atoms with Crippen molar-refractivity contribution >= 4 is 17.7 Å². The van der Waals surface area contributed by atoms with Gasteiger partial charge < -0.3 is 15.4 Å². The minimum atomic E-state index is 0.0301. The number of hydrogen-bond acceptors (Lipinski definition) is 4. The summed E-state index contributed by atoms with van der Waals surface area (Å²) < 4.78 is 5.10. The van der Waals surface area contributed by atoms with Crippen molar-refractivity contribution in [1.82, 2.24) is 4.90 Å². The Kier molecular flexibility index (Phi) is 6.92. The topological polar surface area (TPSA) is 55.6 Å². The average molecular weight is 260 g/mol. The Bertz CT molecular complexity index is 233. The van der Waals surface area contributed by atoms with Crippen LogP contribution in [-0.2, 0) is 9.53 Å². The van der Waals surface area contributed by atoms with E-state index in [2.05, 4.69) is 0 Å². The van der Waals surface area contributed by atoms with Crippen molar-refractivity contribution in [2.24, 2.45) is 11.7 Å². The molecule has 0 saturated carbocycles. The summed E-state index contributed by atoms with van der Waals surface area (Å²) in [5, 5.41) is 0. The second-order valence-electron chi connectivity index (χ2n) is 4.52. The van der Waals surface area contributed by atoms with Gasteiger partial charge in [-0.3, -0.25) is 4.79 Å². The molecule has 1 aliphatic rings. The van der Waals surface area contributed by atoms with Gasteiger partial charge >= 0.3 is 0 Å². The predicted octanol–water partition coefficient (Wildman–Crippen LogP) is 0.952. The molecule has 0 spiro atoms. The Morgan fingerprint density at radius 3 is 2.94 bits per heavy atom. The first-order chi connectivity index (χ1) is 8.20. The molecule has 0 aromatic heterocycles. The summed E-state index contributed by atoms with van der Waals surface area (Å²) in [6.07, 6.45) is 1.87. The maximum Gasteiger partial charge on any atom is 0.225 e. The summed E-state index contributed by atoms with van der Waals surface area (Å²) >= 11 is 1.93. The summed E-state index contributed by atoms with van der Waals surface area (Å²) in [5.74, 6) is 2.49. The average Bonchev–Trinajstić information content (AvgIpc) is 2.83. The number of carbonyl (C=O) groups is 1. The number of amides is 1. The van der Waals surface area contributed by atoms with E-state index in [1.54, 1.807) is 7.11 Å². The first-order valence-electron chi connectivity index (χ1n) is 6.28. The lowest BCUT2D eigenvalue weighted by Gasteiger charge is -2.30. The Labute approximate surface area is 108 Å². The second kappa shape index (κ2) is 7.95. The molecule has 5 heteroatoms. The summed E-state index contributed by atoms with van der Waals surface area (Å²) in [7, 11) is 1.68. The SMILES string of the molecule is COCCN(C(=O)C(C)CCN)C1CCSC1. The summed E-state index contributed by atoms with van der Waals surface area (Å²) in [4.78, 5) is 14.3. The number of thioether (sulfide) groups is 1. The molecule has 1 aliphatic heterocycles. The van der Waals surface area contributed by atoms with Crippen LogP contribution in [0.3, 0.4) is 0 Å². The highest BCUT2D eigenvalue weighted by atomic mass is 32.2. The molecular weight excluding hydrogens is 236 g/mol. The van der Waals surface area contributed by atoms with Crippen LogP contribution in [-0.4, -0.2) is 55.2 Å². The van der Waals surface area contributed by atoms with Gasteiger partial charge in [-0.25, -0.2) is 0 Å². The molecule has 17 heavy (non-hydrogen) atoms. The molecule has 4 nitrogen and oxygen atoms in total. The van der Waals surface area contributed by atoms with Crippen molar-refractivity contribution in [2.45, 2.75) is 25.8 Å². The van der Waals surface area contributed by atoms with Crippen LogP contribution in [0.2, 0.25) is 0 Å². The lowest BCUT2D eigenvalue weighted by atomic mass is 10.0. The van der Waals surface area contributed by atoms with Gasteiger partial charge in [-0.15, -0.1) is 0 Å². The van der Waals surface area contributed by atoms with Crippen LogP contribution in [0.25, 0.3) is 0 Å². The Morgan fingerprint density at radius 2 is 2.41 bits per heavy atom. The lowest BCUT2D eigenvalue weighted by molar-refractivity contribution is -0.137. The van der Waals surface area contributed by atoms with E-state index in [4.69, 9.17) is 10.5 Å². The molecule has 0 aliphatic carbocycles. The Morgan fingerprint density at radius 1 is 1.65 bits per heavy atom. The third kappa shape index (κ3) is 4.48. The maximum atomic E-state index is 12.3. The van der Waals surface area contributed by atoms with Gasteiger partial charge in [-0.1, -0.05) is 6.92 Å². The van der Waals surface area contributed by atoms with Crippen LogP contribution >= 0.6 is 11.8 Å². The number of ether oxygens (including phenoxy) is 1. The van der Waals surface area contributed by atoms with Crippen molar-refractivity contribution in [1.29, 1.82) is 0 Å². The Balaban J connectivity index is 2.57. The Hall–Kier alpha value is -0.260. The molecule has 1 rings (SSSR count). The van der Waals surface area contributed by atoms with Crippen LogP contribution in [0.1, 0.15) is 19.8 Å². The van der Waals surface area contributed by atoms with Crippen LogP contribution in [0, 0.1) is 5.92 Å². The van der Waals surface area contributed by atoms with Crippen LogP contribution in [0.4, 0.5) is 0 Å². The maximum absolute atomic E-state index is 12.3. The van der Waals surface area contributed by atoms with Gasteiger partial charge in [0.25, 0.3) is 0 Å². The van der Waals surface area contributed by atoms with Gasteiger partial charge in [-0.2, -0.15) is 11.8 Å². The number of carbonyl (C=O) groups excluding carboxylic acids is 1. The van der Waals surface area contributed by atoms with Gasteiger partial charge in [-0.05, 0) is 25.1 Å². The molecule has 100 valence electrons. The van der Waals surface area contributed by atoms with Crippen molar-refractivity contribution in [3.05, 3.63) is 0 Å². The van der Waals surface area contributed by atoms with Crippen LogP contribution in [0.5, 0.6) is 0 Å². The number of nitrogens with zero attached hydrogens (tertiary/aromatic N) is 1. The zero-order chi connectivity index (χ0) is 12.7. The van der Waals surface area contributed by atoms with E-state index < -0.39 is 0 Å². The molecule has 1 fully saturated rings. The third-order valence-corrected chi connectivity index (χ3v) is 4.33. The van der Waals surface area contributed by atoms with E-state index in [0.717, 1.165) is 24.3 Å². The molecule has 2 atom stereocenters. The first-order valence-corrected chi connectivity index (χ1v) is 7.43. The van der Waals surface area contributed by atoms with Gasteiger partial charge in [0.05, 0.1) is 6.61 Å². The standard InChI is InChI=1S/C12H24N2O2S/c1-10(3-5-13)12(15)14(6-7-16-2)11-4-8-17-9-11/h10-11H,3-9,13H2,1-2H3. The third-order valence-electron chi connectivity index (χ3n) is 3.19. The van der Waals surface area contributed by atoms with Gasteiger partial charge in [0.15, 0.2) is 0 Å². The first kappa shape index (κ1) is 14.8. The zero-order valence-electron chi connectivity index (χ0n) is 10.9. The van der Waals surface area contributed by atoms with Crippen molar-refractivity contribution < 1.29 is 9.53 Å². The fourth-order valence-electron chi connectivity index (χ4n) is 2.09. The molecule has 0 bridgehead atoms. The summed E-state index contributed by atoms with van der Waals surface area (Å²) in [6.45, 7) is 3.86. The number of nitrogens with two attached hydrogens (primary N) is 1. The molecule has 1 heterocycles. The molecule has 2 N–H and O–H groups in total. The number of methoxy groups -OCH3 is 1. The fourth-order valence-corrected chi connectivity index (χ4v) is 3.31. The normalized spacial score (nSPS) is 21.5. The van der Waals surface area contributed by atoms with Crippen molar-refractivity contribution in [2.75, 3.05) is 38.3 Å². The smallest absolute Gasteiger partial charge is 0.225 e. The van der Waals surface area contributed by atoms with Crippen LogP contribution in [0.15, 0.2) is 0 Å². The highest BCUT2D eigenvalue weighted by Crippen LogP contribution is 2.24. The summed E-state index contributed by atoms with van der Waals surface area (Å²) in [6, 6.07) is 0.392. The van der Waals surface area contributed by atoms with Crippen molar-refractivity contribution in [3.8, 4) is 0 Å². The van der Waals surface area contributed by atoms with Gasteiger partial charge in [0.2, 0.25) is 5.91 Å². The fraction of sp³-hybridized carbons (Fsp3) is 0.917. The summed E-state index contributed by atoms with van der Waals surface area (Å²) in [5.41, 5.74) is 5.52. The molecule has 0 aromatic carbocycles. The number of rotatable bonds is 7. The zero-order valence-corrected chi connectivity index (χ0v) is 11.7. The van der Waals surface area contributed by atoms with E-state index in [1.165, 1.54) is 0 Å². The van der Waals surface area contributed by atoms with Crippen molar-refractivity contribution in [3.63, 3.8) is 0 Å². The van der Waals surface area contributed by atoms with Gasteiger partial charge in [0.1, 0.15) is 0 Å². The molecule has 0 radical (unpaired) electrons. The molecular formula is C12H24N2O2S. The van der Waals surface area contributed by atoms with E-state index in [-0.39, 0.29) is 11.8 Å². The molecule has 0 aromatic rings. The molecule has 1 saturated heterocycles. The van der Waals surface area contributed by atoms with Crippen LogP contribution < -0.4 is 5.73 Å². The monoisotopic (exact) mass is 260 g/mol. The highest BCUT2D eigenvalue weighted by molar-refractivity contribution is 7.99. The molecule has 1 amide bonds. The minimum Gasteiger partial charge on any atom is -0.383 e. The minimum absolute atomic E-state index is 0.0301. The van der Waals surface area contributed by atoms with Gasteiger partial charge in [0, 0.05) is 31.4 Å². The van der Waals surface area contributed by atoms with E-state index in [1.807, 2.05) is 23.6 Å². The second-order valence-corrected chi connectivity index (χ2v) is 5.67. The van der Waals surface area contributed by atoms with E-state index in [9.17, 15) is 4.79 Å². The largest absolute Gasteiger partial charge is 0.383 e. The highest BCUT2D eigenvalue weighted by Gasteiger charge is 2.29. The lowest BCUT2D eigenvalue weighted by Crippen LogP contribution is -2.45.